The summed E-state index contributed by atoms with van der Waals surface area (Å²) >= 11 is 0. The third kappa shape index (κ3) is 8.32. The highest BCUT2D eigenvalue weighted by Crippen LogP contribution is 2.26. The highest BCUT2D eigenvalue weighted by atomic mass is 31.1. The summed E-state index contributed by atoms with van der Waals surface area (Å²) in [6.07, 6.45) is 4.48. The van der Waals surface area contributed by atoms with Crippen LogP contribution in [0.5, 0.6) is 0 Å². The van der Waals surface area contributed by atoms with Gasteiger partial charge in [-0.15, -0.1) is 0 Å². The van der Waals surface area contributed by atoms with Crippen molar-refractivity contribution in [1.82, 2.24) is 0 Å². The lowest BCUT2D eigenvalue weighted by molar-refractivity contribution is -0.134. The van der Waals surface area contributed by atoms with Crippen LogP contribution in [-0.4, -0.2) is 23.3 Å². The summed E-state index contributed by atoms with van der Waals surface area (Å²) in [7, 11) is -2.44. The monoisotopic (exact) mass is 327 g/mol. The van der Waals surface area contributed by atoms with Crippen molar-refractivity contribution in [1.29, 1.82) is 0 Å². The minimum atomic E-state index is -2.44. The number of carboxylic acid groups (broad SMARTS) is 1. The Hall–Kier alpha value is -1.16. The quantitative estimate of drug-likeness (QED) is 0.481. The van der Waals surface area contributed by atoms with Gasteiger partial charge in [0.15, 0.2) is 0 Å². The van der Waals surface area contributed by atoms with Crippen LogP contribution in [0.2, 0.25) is 0 Å². The Morgan fingerprint density at radius 1 is 1.23 bits per heavy atom. The van der Waals surface area contributed by atoms with Crippen molar-refractivity contribution in [3.8, 4) is 0 Å². The average Bonchev–Trinajstić information content (AvgIpc) is 2.46. The van der Waals surface area contributed by atoms with E-state index in [9.17, 15) is 9.36 Å². The van der Waals surface area contributed by atoms with Gasteiger partial charge in [-0.1, -0.05) is 37.1 Å². The molecule has 124 valence electrons. The van der Waals surface area contributed by atoms with Crippen LogP contribution in [0.25, 0.3) is 0 Å². The molecule has 0 aliphatic heterocycles. The maximum absolute atomic E-state index is 11.4. The molecule has 0 spiro atoms. The summed E-state index contributed by atoms with van der Waals surface area (Å²) in [5, 5.41) is 8.52. The van der Waals surface area contributed by atoms with Crippen LogP contribution in [0, 0.1) is 0 Å². The SMILES string of the molecule is CC(CCCCCc1ccc(CN)cc1)O[PH](=O)CC(=O)O. The zero-order chi connectivity index (χ0) is 16.4. The molecule has 1 rings (SSSR count). The molecule has 0 amide bonds. The minimum Gasteiger partial charge on any atom is -0.481 e. The number of benzene rings is 1. The first kappa shape index (κ1) is 18.9. The predicted octanol–water partition coefficient (Wildman–Crippen LogP) is 3.21. The van der Waals surface area contributed by atoms with Crippen LogP contribution < -0.4 is 5.73 Å². The molecule has 0 saturated heterocycles. The summed E-state index contributed by atoms with van der Waals surface area (Å²) < 4.78 is 16.6. The van der Waals surface area contributed by atoms with Crippen molar-refractivity contribution >= 4 is 14.0 Å². The topological polar surface area (TPSA) is 89.6 Å². The van der Waals surface area contributed by atoms with E-state index >= 15 is 0 Å². The molecular formula is C16H26NO4P. The lowest BCUT2D eigenvalue weighted by Crippen LogP contribution is -2.06. The number of hydrogen-bond donors (Lipinski definition) is 2. The van der Waals surface area contributed by atoms with E-state index < -0.39 is 14.0 Å². The first-order valence-electron chi connectivity index (χ1n) is 7.70. The fourth-order valence-corrected chi connectivity index (χ4v) is 3.13. The number of rotatable bonds is 11. The highest BCUT2D eigenvalue weighted by molar-refractivity contribution is 7.40. The molecule has 6 heteroatoms. The Bertz CT molecular complexity index is 476. The van der Waals surface area contributed by atoms with Crippen LogP contribution in [0.4, 0.5) is 0 Å². The Labute approximate surface area is 132 Å². The lowest BCUT2D eigenvalue weighted by Gasteiger charge is -2.11. The van der Waals surface area contributed by atoms with Crippen LogP contribution in [-0.2, 0) is 26.8 Å². The van der Waals surface area contributed by atoms with Crippen molar-refractivity contribution in [3.05, 3.63) is 35.4 Å². The summed E-state index contributed by atoms with van der Waals surface area (Å²) in [5.74, 6) is -1.07. The van der Waals surface area contributed by atoms with Gasteiger partial charge in [0.2, 0.25) is 8.03 Å². The molecule has 2 unspecified atom stereocenters. The second kappa shape index (κ2) is 10.5. The van der Waals surface area contributed by atoms with Crippen LogP contribution >= 0.6 is 8.03 Å². The standard InChI is InChI=1S/C16H26NO4P/c1-13(21-22(20)12-16(18)19)5-3-2-4-6-14-7-9-15(11-17)10-8-14/h7-10,13,22H,2-6,11-12,17H2,1H3,(H,18,19). The fourth-order valence-electron chi connectivity index (χ4n) is 2.23. The zero-order valence-corrected chi connectivity index (χ0v) is 14.1. The number of unbranched alkanes of at least 4 members (excludes halogenated alkanes) is 2. The van der Waals surface area contributed by atoms with Crippen LogP contribution in [0.15, 0.2) is 24.3 Å². The molecule has 0 bridgehead atoms. The molecule has 0 aromatic heterocycles. The molecule has 0 saturated carbocycles. The van der Waals surface area contributed by atoms with E-state index in [1.807, 2.05) is 6.92 Å². The minimum absolute atomic E-state index is 0.144. The summed E-state index contributed by atoms with van der Waals surface area (Å²) in [6, 6.07) is 8.36. The highest BCUT2D eigenvalue weighted by Gasteiger charge is 2.10. The number of carboxylic acids is 1. The first-order chi connectivity index (χ1) is 10.5. The van der Waals surface area contributed by atoms with Gasteiger partial charge in [0.05, 0.1) is 6.10 Å². The first-order valence-corrected chi connectivity index (χ1v) is 9.22. The second-order valence-corrected chi connectivity index (χ2v) is 6.82. The molecule has 1 aromatic rings. The van der Waals surface area contributed by atoms with E-state index in [-0.39, 0.29) is 12.3 Å². The number of aliphatic carboxylic acids is 1. The molecule has 2 atom stereocenters. The second-order valence-electron chi connectivity index (χ2n) is 5.49. The van der Waals surface area contributed by atoms with Gasteiger partial charge in [-0.05, 0) is 37.3 Å². The van der Waals surface area contributed by atoms with Gasteiger partial charge in [-0.2, -0.15) is 0 Å². The third-order valence-electron chi connectivity index (χ3n) is 3.46. The van der Waals surface area contributed by atoms with Gasteiger partial charge in [0.25, 0.3) is 0 Å². The van der Waals surface area contributed by atoms with Gasteiger partial charge in [0, 0.05) is 6.54 Å². The van der Waals surface area contributed by atoms with E-state index in [0.717, 1.165) is 37.7 Å². The van der Waals surface area contributed by atoms with Crippen LogP contribution in [0.1, 0.15) is 43.7 Å². The molecule has 5 nitrogen and oxygen atoms in total. The van der Waals surface area contributed by atoms with Gasteiger partial charge >= 0.3 is 5.97 Å². The van der Waals surface area contributed by atoms with Gasteiger partial charge in [-0.25, -0.2) is 0 Å². The summed E-state index contributed by atoms with van der Waals surface area (Å²) in [5.41, 5.74) is 8.02. The van der Waals surface area contributed by atoms with Crippen molar-refractivity contribution < 1.29 is 19.0 Å². The molecule has 0 aliphatic carbocycles. The maximum Gasteiger partial charge on any atom is 0.312 e. The molecule has 3 N–H and O–H groups in total. The molecule has 0 fully saturated rings. The smallest absolute Gasteiger partial charge is 0.312 e. The summed E-state index contributed by atoms with van der Waals surface area (Å²) in [6.45, 7) is 2.42. The lowest BCUT2D eigenvalue weighted by atomic mass is 10.0. The fraction of sp³-hybridized carbons (Fsp3) is 0.562. The van der Waals surface area contributed by atoms with E-state index in [1.54, 1.807) is 0 Å². The number of hydrogen-bond acceptors (Lipinski definition) is 4. The number of aryl methyl sites for hydroxylation is 1. The Kier molecular flexibility index (Phi) is 9.05. The number of nitrogens with two attached hydrogens (primary N) is 1. The van der Waals surface area contributed by atoms with E-state index in [4.69, 9.17) is 15.4 Å². The molecular weight excluding hydrogens is 301 g/mol. The van der Waals surface area contributed by atoms with Gasteiger partial charge in [-0.3, -0.25) is 9.36 Å². The van der Waals surface area contributed by atoms with Crippen LogP contribution in [0.3, 0.4) is 0 Å². The average molecular weight is 327 g/mol. The zero-order valence-electron chi connectivity index (χ0n) is 13.1. The van der Waals surface area contributed by atoms with E-state index in [2.05, 4.69) is 24.3 Å². The molecule has 0 radical (unpaired) electrons. The molecule has 0 aliphatic rings. The maximum atomic E-state index is 11.4. The van der Waals surface area contributed by atoms with Crippen molar-refractivity contribution in [2.45, 2.75) is 51.7 Å². The Balaban J connectivity index is 2.11. The largest absolute Gasteiger partial charge is 0.481 e. The predicted molar refractivity (Wildman–Crippen MR) is 88.6 cm³/mol. The van der Waals surface area contributed by atoms with E-state index in [0.29, 0.717) is 6.54 Å². The molecule has 1 aromatic carbocycles. The Morgan fingerprint density at radius 2 is 1.86 bits per heavy atom. The van der Waals surface area contributed by atoms with Gasteiger partial charge < -0.3 is 15.4 Å². The van der Waals surface area contributed by atoms with Crippen molar-refractivity contribution in [2.24, 2.45) is 5.73 Å². The summed E-state index contributed by atoms with van der Waals surface area (Å²) in [4.78, 5) is 10.4. The molecule has 22 heavy (non-hydrogen) atoms. The van der Waals surface area contributed by atoms with E-state index in [1.165, 1.54) is 5.56 Å². The molecule has 0 heterocycles. The van der Waals surface area contributed by atoms with Crippen molar-refractivity contribution in [2.75, 3.05) is 6.16 Å². The third-order valence-corrected chi connectivity index (χ3v) is 4.72. The van der Waals surface area contributed by atoms with Crippen molar-refractivity contribution in [3.63, 3.8) is 0 Å². The number of carbonyl (C=O) groups is 1. The van der Waals surface area contributed by atoms with Gasteiger partial charge in [0.1, 0.15) is 6.16 Å². The Morgan fingerprint density at radius 3 is 2.45 bits per heavy atom. The normalized spacial score (nSPS) is 13.7.